The van der Waals surface area contributed by atoms with E-state index in [1.165, 1.54) is 0 Å². The normalized spacial score (nSPS) is 17.2. The van der Waals surface area contributed by atoms with Crippen LogP contribution in [0.4, 0.5) is 0 Å². The van der Waals surface area contributed by atoms with Crippen molar-refractivity contribution in [1.82, 2.24) is 4.98 Å². The number of pyridine rings is 1. The van der Waals surface area contributed by atoms with Crippen LogP contribution in [0, 0.1) is 5.92 Å². The Morgan fingerprint density at radius 3 is 2.84 bits per heavy atom. The summed E-state index contributed by atoms with van der Waals surface area (Å²) in [4.78, 5) is 17.4. The lowest BCUT2D eigenvalue weighted by molar-refractivity contribution is 0.100. The van der Waals surface area contributed by atoms with Crippen molar-refractivity contribution in [3.8, 4) is 10.4 Å². The highest BCUT2D eigenvalue weighted by Gasteiger charge is 2.21. The maximum Gasteiger partial charge on any atom is 0.251 e. The molecule has 6 heteroatoms. The van der Waals surface area contributed by atoms with E-state index in [-0.39, 0.29) is 0 Å². The summed E-state index contributed by atoms with van der Waals surface area (Å²) in [5, 5.41) is 1.71. The molecule has 0 radical (unpaired) electrons. The van der Waals surface area contributed by atoms with Crippen LogP contribution in [-0.4, -0.2) is 24.1 Å². The summed E-state index contributed by atoms with van der Waals surface area (Å²) in [6, 6.07) is 9.80. The minimum atomic E-state index is -0.447. The summed E-state index contributed by atoms with van der Waals surface area (Å²) in [6.45, 7) is 1.59. The van der Waals surface area contributed by atoms with Crippen LogP contribution in [0.1, 0.15) is 22.5 Å². The molecule has 1 atom stereocenters. The SMILES string of the molecule is NC(=O)c1cnc(CC2CCOC2)c2cc(-c3ccc(Cl)cc3)sc12. The Balaban J connectivity index is 1.82. The second-order valence-electron chi connectivity index (χ2n) is 6.28. The Morgan fingerprint density at radius 1 is 1.36 bits per heavy atom. The number of halogens is 1. The molecule has 1 fully saturated rings. The first-order chi connectivity index (χ1) is 12.1. The van der Waals surface area contributed by atoms with Crippen molar-refractivity contribution in [2.24, 2.45) is 11.7 Å². The van der Waals surface area contributed by atoms with Gasteiger partial charge in [-0.15, -0.1) is 11.3 Å². The van der Waals surface area contributed by atoms with E-state index >= 15 is 0 Å². The van der Waals surface area contributed by atoms with Crippen LogP contribution in [0.3, 0.4) is 0 Å². The molecule has 3 heterocycles. The van der Waals surface area contributed by atoms with Crippen LogP contribution < -0.4 is 5.73 Å². The van der Waals surface area contributed by atoms with Gasteiger partial charge >= 0.3 is 0 Å². The van der Waals surface area contributed by atoms with Gasteiger partial charge in [-0.25, -0.2) is 0 Å². The second kappa shape index (κ2) is 6.75. The van der Waals surface area contributed by atoms with E-state index in [1.807, 2.05) is 24.3 Å². The lowest BCUT2D eigenvalue weighted by atomic mass is 9.99. The van der Waals surface area contributed by atoms with E-state index in [4.69, 9.17) is 22.1 Å². The van der Waals surface area contributed by atoms with Crippen LogP contribution in [0.5, 0.6) is 0 Å². The van der Waals surface area contributed by atoms with Crippen molar-refractivity contribution in [3.05, 3.63) is 52.8 Å². The predicted octanol–water partition coefficient (Wildman–Crippen LogP) is 4.29. The number of rotatable bonds is 4. The Hall–Kier alpha value is -1.95. The number of aromatic nitrogens is 1. The zero-order chi connectivity index (χ0) is 17.4. The van der Waals surface area contributed by atoms with Crippen LogP contribution in [-0.2, 0) is 11.2 Å². The minimum Gasteiger partial charge on any atom is -0.381 e. The largest absolute Gasteiger partial charge is 0.381 e. The van der Waals surface area contributed by atoms with E-state index in [0.29, 0.717) is 16.5 Å². The predicted molar refractivity (Wildman–Crippen MR) is 101 cm³/mol. The Kier molecular flexibility index (Phi) is 4.46. The molecular formula is C19H17ClN2O2S. The summed E-state index contributed by atoms with van der Waals surface area (Å²) < 4.78 is 6.38. The van der Waals surface area contributed by atoms with E-state index in [1.54, 1.807) is 17.5 Å². The van der Waals surface area contributed by atoms with E-state index in [9.17, 15) is 4.79 Å². The number of nitrogens with two attached hydrogens (primary N) is 1. The van der Waals surface area contributed by atoms with Gasteiger partial charge in [-0.2, -0.15) is 0 Å². The van der Waals surface area contributed by atoms with Crippen LogP contribution in [0.15, 0.2) is 36.5 Å². The number of benzene rings is 1. The van der Waals surface area contributed by atoms with Crippen LogP contribution >= 0.6 is 22.9 Å². The number of carbonyl (C=O) groups is 1. The number of nitrogens with zero attached hydrogens (tertiary/aromatic N) is 1. The molecular weight excluding hydrogens is 356 g/mol. The summed E-state index contributed by atoms with van der Waals surface area (Å²) in [5.41, 5.74) is 8.10. The number of carbonyl (C=O) groups excluding carboxylic acids is 1. The van der Waals surface area contributed by atoms with Gasteiger partial charge in [0.25, 0.3) is 5.91 Å². The number of amides is 1. The van der Waals surface area contributed by atoms with Crippen molar-refractivity contribution in [2.75, 3.05) is 13.2 Å². The van der Waals surface area contributed by atoms with Gasteiger partial charge in [0.2, 0.25) is 0 Å². The van der Waals surface area contributed by atoms with E-state index < -0.39 is 5.91 Å². The third-order valence-corrected chi connectivity index (χ3v) is 6.01. The minimum absolute atomic E-state index is 0.447. The second-order valence-corrected chi connectivity index (χ2v) is 7.77. The summed E-state index contributed by atoms with van der Waals surface area (Å²) in [7, 11) is 0. The standard InChI is InChI=1S/C19H17ClN2O2S/c20-13-3-1-12(2-4-13)17-8-14-16(7-11-5-6-24-10-11)22-9-15(19(21)23)18(14)25-17/h1-4,8-9,11H,5-7,10H2,(H2,21,23). The summed E-state index contributed by atoms with van der Waals surface area (Å²) in [5.74, 6) is 0.0340. The number of fused-ring (bicyclic) bond motifs is 1. The van der Waals surface area contributed by atoms with E-state index in [0.717, 1.165) is 52.3 Å². The highest BCUT2D eigenvalue weighted by atomic mass is 35.5. The van der Waals surface area contributed by atoms with Gasteiger partial charge in [-0.3, -0.25) is 9.78 Å². The van der Waals surface area contributed by atoms with Gasteiger partial charge in [0, 0.05) is 40.4 Å². The average molecular weight is 373 g/mol. The first kappa shape index (κ1) is 16.5. The lowest BCUT2D eigenvalue weighted by Crippen LogP contribution is -2.13. The molecule has 25 heavy (non-hydrogen) atoms. The van der Waals surface area contributed by atoms with Crippen LogP contribution in [0.25, 0.3) is 20.5 Å². The number of primary amides is 1. The van der Waals surface area contributed by atoms with Gasteiger partial charge in [-0.1, -0.05) is 23.7 Å². The molecule has 0 aliphatic carbocycles. The highest BCUT2D eigenvalue weighted by molar-refractivity contribution is 7.22. The molecule has 4 rings (SSSR count). The van der Waals surface area contributed by atoms with Gasteiger partial charge in [0.15, 0.2) is 0 Å². The maximum absolute atomic E-state index is 11.8. The van der Waals surface area contributed by atoms with Crippen molar-refractivity contribution >= 4 is 38.9 Å². The van der Waals surface area contributed by atoms with Crippen LogP contribution in [0.2, 0.25) is 5.02 Å². The van der Waals surface area contributed by atoms with Crippen molar-refractivity contribution in [2.45, 2.75) is 12.8 Å². The summed E-state index contributed by atoms with van der Waals surface area (Å²) in [6.07, 6.45) is 3.51. The van der Waals surface area contributed by atoms with Crippen molar-refractivity contribution in [1.29, 1.82) is 0 Å². The average Bonchev–Trinajstić information content (AvgIpc) is 3.25. The molecule has 1 aliphatic rings. The third-order valence-electron chi connectivity index (χ3n) is 4.54. The monoisotopic (exact) mass is 372 g/mol. The molecule has 1 aromatic carbocycles. The molecule has 128 valence electrons. The first-order valence-electron chi connectivity index (χ1n) is 8.16. The molecule has 0 spiro atoms. The van der Waals surface area contributed by atoms with Gasteiger partial charge < -0.3 is 10.5 Å². The smallest absolute Gasteiger partial charge is 0.251 e. The molecule has 1 unspecified atom stereocenters. The number of hydrogen-bond acceptors (Lipinski definition) is 4. The Morgan fingerprint density at radius 2 is 2.16 bits per heavy atom. The molecule has 1 aliphatic heterocycles. The third kappa shape index (κ3) is 3.27. The molecule has 3 aromatic rings. The molecule has 1 amide bonds. The van der Waals surface area contributed by atoms with Gasteiger partial charge in [0.1, 0.15) is 0 Å². The fourth-order valence-electron chi connectivity index (χ4n) is 3.19. The van der Waals surface area contributed by atoms with Crippen molar-refractivity contribution in [3.63, 3.8) is 0 Å². The van der Waals surface area contributed by atoms with E-state index in [2.05, 4.69) is 11.1 Å². The molecule has 2 aromatic heterocycles. The van der Waals surface area contributed by atoms with Gasteiger partial charge in [0.05, 0.1) is 10.3 Å². The number of hydrogen-bond donors (Lipinski definition) is 1. The molecule has 2 N–H and O–H groups in total. The number of ether oxygens (including phenoxy) is 1. The summed E-state index contributed by atoms with van der Waals surface area (Å²) >= 11 is 7.55. The van der Waals surface area contributed by atoms with Crippen molar-refractivity contribution < 1.29 is 9.53 Å². The molecule has 0 bridgehead atoms. The highest BCUT2D eigenvalue weighted by Crippen LogP contribution is 2.37. The molecule has 4 nitrogen and oxygen atoms in total. The number of thiophene rings is 1. The zero-order valence-corrected chi connectivity index (χ0v) is 15.1. The Labute approximate surface area is 154 Å². The Bertz CT molecular complexity index is 930. The maximum atomic E-state index is 11.8. The topological polar surface area (TPSA) is 65.2 Å². The first-order valence-corrected chi connectivity index (χ1v) is 9.36. The van der Waals surface area contributed by atoms with Gasteiger partial charge in [-0.05, 0) is 42.5 Å². The quantitative estimate of drug-likeness (QED) is 0.742. The molecule has 1 saturated heterocycles. The molecule has 0 saturated carbocycles. The fraction of sp³-hybridized carbons (Fsp3) is 0.263. The lowest BCUT2D eigenvalue weighted by Gasteiger charge is -2.09. The zero-order valence-electron chi connectivity index (χ0n) is 13.5. The fourth-order valence-corrected chi connectivity index (χ4v) is 4.52.